The van der Waals surface area contributed by atoms with Crippen LogP contribution in [0.15, 0.2) is 77.7 Å². The third-order valence-electron chi connectivity index (χ3n) is 8.11. The predicted molar refractivity (Wildman–Crippen MR) is 174 cm³/mol. The topological polar surface area (TPSA) is 151 Å². The summed E-state index contributed by atoms with van der Waals surface area (Å²) in [5.41, 5.74) is 0.259. The van der Waals surface area contributed by atoms with Crippen molar-refractivity contribution >= 4 is 33.3 Å². The molecule has 0 aromatic heterocycles. The Bertz CT molecular complexity index is 1760. The molecule has 0 spiro atoms. The molecule has 0 aliphatic carbocycles. The van der Waals surface area contributed by atoms with Gasteiger partial charge in [0.05, 0.1) is 54.3 Å². The lowest BCUT2D eigenvalue weighted by Crippen LogP contribution is -2.35. The number of hydrogen-bond donors (Lipinski definition) is 3. The van der Waals surface area contributed by atoms with Crippen molar-refractivity contribution in [3.63, 3.8) is 0 Å². The van der Waals surface area contributed by atoms with Gasteiger partial charge in [0.2, 0.25) is 5.91 Å². The lowest BCUT2D eigenvalue weighted by Gasteiger charge is -2.26. The first-order valence-corrected chi connectivity index (χ1v) is 17.4. The Balaban J connectivity index is 1.49. The summed E-state index contributed by atoms with van der Waals surface area (Å²) in [7, 11) is -3.52. The molecule has 0 saturated carbocycles. The molecular weight excluding hydrogens is 705 g/mol. The van der Waals surface area contributed by atoms with E-state index in [4.69, 9.17) is 9.84 Å². The van der Waals surface area contributed by atoms with Crippen LogP contribution in [-0.4, -0.2) is 75.5 Å². The van der Waals surface area contributed by atoms with Crippen molar-refractivity contribution in [2.24, 2.45) is 0 Å². The second-order valence-corrected chi connectivity index (χ2v) is 13.9. The van der Waals surface area contributed by atoms with Gasteiger partial charge in [0, 0.05) is 24.2 Å². The molecule has 4 rings (SSSR count). The Hall–Kier alpha value is -4.77. The molecular formula is C34H36F5N3O8S. The summed E-state index contributed by atoms with van der Waals surface area (Å²) in [5, 5.41) is 14.1. The van der Waals surface area contributed by atoms with Crippen LogP contribution in [0.2, 0.25) is 0 Å². The number of alkyl halides is 5. The molecule has 1 aliphatic heterocycles. The van der Waals surface area contributed by atoms with Crippen molar-refractivity contribution in [1.29, 1.82) is 0 Å². The number of carboxylic acids is 1. The van der Waals surface area contributed by atoms with Crippen molar-refractivity contribution in [2.45, 2.75) is 62.1 Å². The Morgan fingerprint density at radius 3 is 2.20 bits per heavy atom. The molecule has 1 unspecified atom stereocenters. The number of nitrogens with one attached hydrogen (secondary N) is 2. The minimum Gasteiger partial charge on any atom is -0.489 e. The van der Waals surface area contributed by atoms with Gasteiger partial charge in [0.15, 0.2) is 9.84 Å². The van der Waals surface area contributed by atoms with Gasteiger partial charge in [-0.2, -0.15) is 22.0 Å². The fourth-order valence-corrected chi connectivity index (χ4v) is 6.35. The van der Waals surface area contributed by atoms with E-state index >= 15 is 0 Å². The minimum atomic E-state index is -4.52. The molecule has 0 bridgehead atoms. The molecule has 1 aliphatic rings. The van der Waals surface area contributed by atoms with Gasteiger partial charge in [-0.05, 0) is 66.2 Å². The number of carbonyl (C=O) groups is 3. The van der Waals surface area contributed by atoms with Crippen molar-refractivity contribution in [3.05, 3.63) is 89.5 Å². The number of ether oxygens (including phenoxy) is 2. The van der Waals surface area contributed by atoms with E-state index in [0.717, 1.165) is 12.1 Å². The summed E-state index contributed by atoms with van der Waals surface area (Å²) in [6.07, 6.45) is -5.49. The van der Waals surface area contributed by atoms with Crippen LogP contribution in [0.3, 0.4) is 0 Å². The molecule has 1 saturated heterocycles. The first-order valence-electron chi connectivity index (χ1n) is 15.8. The van der Waals surface area contributed by atoms with E-state index in [1.807, 2.05) is 0 Å². The van der Waals surface area contributed by atoms with Crippen LogP contribution < -0.4 is 20.3 Å². The maximum absolute atomic E-state index is 13.4. The normalized spacial score (nSPS) is 16.9. The van der Waals surface area contributed by atoms with Crippen molar-refractivity contribution in [1.82, 2.24) is 10.6 Å². The van der Waals surface area contributed by atoms with Crippen LogP contribution in [0.25, 0.3) is 0 Å². The van der Waals surface area contributed by atoms with Gasteiger partial charge in [-0.25, -0.2) is 8.42 Å². The van der Waals surface area contributed by atoms with E-state index in [1.54, 1.807) is 17.0 Å². The van der Waals surface area contributed by atoms with Crippen LogP contribution in [0, 0.1) is 0 Å². The van der Waals surface area contributed by atoms with Crippen molar-refractivity contribution in [3.8, 4) is 5.75 Å². The van der Waals surface area contributed by atoms with E-state index in [1.165, 1.54) is 55.5 Å². The van der Waals surface area contributed by atoms with Gasteiger partial charge >= 0.3 is 18.8 Å². The molecule has 1 fully saturated rings. The fraction of sp³-hybridized carbons (Fsp3) is 0.382. The molecule has 3 aromatic rings. The zero-order valence-electron chi connectivity index (χ0n) is 27.2. The molecule has 2 amide bonds. The zero-order valence-corrected chi connectivity index (χ0v) is 28.1. The van der Waals surface area contributed by atoms with E-state index in [2.05, 4.69) is 15.4 Å². The number of nitrogens with zero attached hydrogens (tertiary/aromatic N) is 1. The number of benzene rings is 3. The summed E-state index contributed by atoms with van der Waals surface area (Å²) in [4.78, 5) is 38.7. The van der Waals surface area contributed by atoms with Crippen molar-refractivity contribution < 1.29 is 59.3 Å². The molecule has 51 heavy (non-hydrogen) atoms. The van der Waals surface area contributed by atoms with Crippen molar-refractivity contribution in [2.75, 3.05) is 30.3 Å². The average molecular weight is 742 g/mol. The van der Waals surface area contributed by atoms with Crippen LogP contribution in [0.1, 0.15) is 53.7 Å². The predicted octanol–water partition coefficient (Wildman–Crippen LogP) is 5.22. The Kier molecular flexibility index (Phi) is 13.0. The third-order valence-corrected chi connectivity index (χ3v) is 9.86. The summed E-state index contributed by atoms with van der Waals surface area (Å²) in [6, 6.07) is 14.4. The molecule has 3 N–H and O–H groups in total. The summed E-state index contributed by atoms with van der Waals surface area (Å²) < 4.78 is 99.7. The Morgan fingerprint density at radius 2 is 1.63 bits per heavy atom. The summed E-state index contributed by atoms with van der Waals surface area (Å²) >= 11 is 0. The molecule has 3 aromatic carbocycles. The number of carboxylic acid groups (broad SMARTS) is 1. The first kappa shape index (κ1) is 39.0. The highest BCUT2D eigenvalue weighted by Gasteiger charge is 2.35. The molecule has 0 radical (unpaired) electrons. The summed E-state index contributed by atoms with van der Waals surface area (Å²) in [5.74, 6) is -2.22. The quantitative estimate of drug-likeness (QED) is 0.168. The number of sulfone groups is 1. The highest BCUT2D eigenvalue weighted by atomic mass is 32.2. The molecule has 276 valence electrons. The van der Waals surface area contributed by atoms with Gasteiger partial charge in [-0.15, -0.1) is 0 Å². The fourth-order valence-electron chi connectivity index (χ4n) is 5.47. The maximum Gasteiger partial charge on any atom is 0.416 e. The highest BCUT2D eigenvalue weighted by Crippen LogP contribution is 2.33. The van der Waals surface area contributed by atoms with E-state index < -0.39 is 64.2 Å². The first-order chi connectivity index (χ1) is 24.0. The number of carbonyl (C=O) groups excluding carboxylic acids is 2. The largest absolute Gasteiger partial charge is 0.489 e. The van der Waals surface area contributed by atoms with Crippen LogP contribution in [0.5, 0.6) is 5.75 Å². The molecule has 11 nitrogen and oxygen atoms in total. The average Bonchev–Trinajstić information content (AvgIpc) is 3.49. The number of anilines is 1. The van der Waals surface area contributed by atoms with Gasteiger partial charge < -0.3 is 30.1 Å². The van der Waals surface area contributed by atoms with Gasteiger partial charge in [-0.3, -0.25) is 14.4 Å². The van der Waals surface area contributed by atoms with E-state index in [-0.39, 0.29) is 60.9 Å². The number of hydrogen-bond acceptors (Lipinski definition) is 8. The van der Waals surface area contributed by atoms with E-state index in [0.29, 0.717) is 11.3 Å². The van der Waals surface area contributed by atoms with Crippen LogP contribution in [-0.2, 0) is 30.3 Å². The lowest BCUT2D eigenvalue weighted by atomic mass is 10.0. The second-order valence-electron chi connectivity index (χ2n) is 11.6. The van der Waals surface area contributed by atoms with Gasteiger partial charge in [0.25, 0.3) is 5.91 Å². The van der Waals surface area contributed by atoms with Crippen LogP contribution >= 0.6 is 0 Å². The third kappa shape index (κ3) is 11.1. The number of amides is 2. The number of rotatable bonds is 16. The lowest BCUT2D eigenvalue weighted by molar-refractivity contribution is -0.138. The smallest absolute Gasteiger partial charge is 0.416 e. The highest BCUT2D eigenvalue weighted by molar-refractivity contribution is 7.91. The molecule has 3 atom stereocenters. The monoisotopic (exact) mass is 741 g/mol. The molecule has 17 heteroatoms. The zero-order chi connectivity index (χ0) is 37.3. The maximum atomic E-state index is 13.4. The van der Waals surface area contributed by atoms with Gasteiger partial charge in [-0.1, -0.05) is 19.1 Å². The minimum absolute atomic E-state index is 0.0616. The van der Waals surface area contributed by atoms with Crippen LogP contribution in [0.4, 0.5) is 27.6 Å². The second kappa shape index (κ2) is 17.0. The molecule has 1 heterocycles. The van der Waals surface area contributed by atoms with Gasteiger partial charge in [0.1, 0.15) is 11.9 Å². The number of halogens is 5. The Morgan fingerprint density at radius 1 is 0.980 bits per heavy atom. The standard InChI is InChI=1S/C34H36F5N3O8S/c1-2-51(47,48)28-13-5-21(6-14-28)29(18-30(43)40-16-15-31(44)45)41-32(46)22-3-9-24(10-4-22)42-19-27(17-25(42)20-49-33(35)36)50-26-11-7-23(8-12-26)34(37,38)39/h3-14,25,27,29,33H,2,15-20H2,1H3,(H,40,43)(H,41,46)(H,44,45)/t25-,27-,29?/m0/s1. The number of aliphatic carboxylic acids is 1. The van der Waals surface area contributed by atoms with E-state index in [9.17, 15) is 44.8 Å². The SMILES string of the molecule is CCS(=O)(=O)c1ccc(C(CC(=O)NCCC(=O)O)NC(=O)c2ccc(N3C[C@@H](Oc4ccc(C(F)(F)F)cc4)C[C@H]3COC(F)F)cc2)cc1. The Labute approximate surface area is 290 Å². The summed E-state index contributed by atoms with van der Waals surface area (Å²) in [6.45, 7) is -1.88.